The molecule has 1 aromatic rings. The zero-order chi connectivity index (χ0) is 14.5. The minimum atomic E-state index is -0.0208. The van der Waals surface area contributed by atoms with Crippen LogP contribution in [-0.2, 0) is 10.2 Å². The Bertz CT molecular complexity index is 409. The minimum Gasteiger partial charge on any atom is -0.300 e. The third-order valence-corrected chi connectivity index (χ3v) is 4.33. The predicted molar refractivity (Wildman–Crippen MR) is 80.5 cm³/mol. The maximum Gasteiger partial charge on any atom is 0.229 e. The SMILES string of the molecule is CCCC[C@@H](CC)C(=O)Nc1nnc(C(C)(C)C)s1. The van der Waals surface area contributed by atoms with Crippen molar-refractivity contribution in [3.63, 3.8) is 0 Å². The first-order valence-corrected chi connectivity index (χ1v) is 7.85. The fourth-order valence-corrected chi connectivity index (χ4v) is 2.56. The summed E-state index contributed by atoms with van der Waals surface area (Å²) in [5, 5.41) is 12.7. The lowest BCUT2D eigenvalue weighted by atomic mass is 9.98. The molecule has 0 unspecified atom stereocenters. The highest BCUT2D eigenvalue weighted by molar-refractivity contribution is 7.15. The van der Waals surface area contributed by atoms with Gasteiger partial charge in [-0.1, -0.05) is 58.8 Å². The Kier molecular flexibility index (Phi) is 5.91. The molecule has 1 atom stereocenters. The van der Waals surface area contributed by atoms with Crippen molar-refractivity contribution in [3.8, 4) is 0 Å². The summed E-state index contributed by atoms with van der Waals surface area (Å²) >= 11 is 1.47. The molecule has 0 radical (unpaired) electrons. The summed E-state index contributed by atoms with van der Waals surface area (Å²) in [4.78, 5) is 12.1. The first-order chi connectivity index (χ1) is 8.88. The lowest BCUT2D eigenvalue weighted by Gasteiger charge is -2.13. The van der Waals surface area contributed by atoms with Gasteiger partial charge in [-0.25, -0.2) is 0 Å². The Morgan fingerprint density at radius 3 is 2.47 bits per heavy atom. The van der Waals surface area contributed by atoms with Crippen molar-refractivity contribution in [2.24, 2.45) is 5.92 Å². The maximum atomic E-state index is 12.1. The number of carbonyl (C=O) groups excluding carboxylic acids is 1. The molecule has 1 aromatic heterocycles. The first-order valence-electron chi connectivity index (χ1n) is 7.03. The number of nitrogens with zero attached hydrogens (tertiary/aromatic N) is 2. The second-order valence-electron chi connectivity index (χ2n) is 5.90. The fraction of sp³-hybridized carbons (Fsp3) is 0.786. The molecule has 0 bridgehead atoms. The van der Waals surface area contributed by atoms with E-state index >= 15 is 0 Å². The van der Waals surface area contributed by atoms with Gasteiger partial charge in [0.1, 0.15) is 5.01 Å². The lowest BCUT2D eigenvalue weighted by molar-refractivity contribution is -0.120. The minimum absolute atomic E-state index is 0.0208. The number of rotatable bonds is 6. The molecule has 0 saturated heterocycles. The van der Waals surface area contributed by atoms with Gasteiger partial charge in [-0.15, -0.1) is 10.2 Å². The van der Waals surface area contributed by atoms with E-state index in [1.807, 2.05) is 0 Å². The molecule has 1 amide bonds. The summed E-state index contributed by atoms with van der Waals surface area (Å²) < 4.78 is 0. The summed E-state index contributed by atoms with van der Waals surface area (Å²) in [7, 11) is 0. The summed E-state index contributed by atoms with van der Waals surface area (Å²) in [6.45, 7) is 10.5. The van der Waals surface area contributed by atoms with Gasteiger partial charge in [0.2, 0.25) is 11.0 Å². The van der Waals surface area contributed by atoms with Crippen LogP contribution in [0.2, 0.25) is 0 Å². The third-order valence-electron chi connectivity index (χ3n) is 3.07. The van der Waals surface area contributed by atoms with E-state index in [1.54, 1.807) is 0 Å². The van der Waals surface area contributed by atoms with E-state index in [-0.39, 0.29) is 17.2 Å². The van der Waals surface area contributed by atoms with Crippen molar-refractivity contribution in [2.75, 3.05) is 5.32 Å². The quantitative estimate of drug-likeness (QED) is 0.858. The van der Waals surface area contributed by atoms with Crippen LogP contribution in [0, 0.1) is 5.92 Å². The summed E-state index contributed by atoms with van der Waals surface area (Å²) in [5.74, 6) is 0.162. The van der Waals surface area contributed by atoms with Crippen LogP contribution in [0.25, 0.3) is 0 Å². The van der Waals surface area contributed by atoms with Crippen LogP contribution < -0.4 is 5.32 Å². The van der Waals surface area contributed by atoms with E-state index in [1.165, 1.54) is 11.3 Å². The number of amides is 1. The number of carbonyl (C=O) groups is 1. The first kappa shape index (κ1) is 16.1. The van der Waals surface area contributed by atoms with Crippen LogP contribution in [0.3, 0.4) is 0 Å². The molecule has 1 N–H and O–H groups in total. The fourth-order valence-electron chi connectivity index (χ4n) is 1.76. The van der Waals surface area contributed by atoms with E-state index in [2.05, 4.69) is 50.1 Å². The highest BCUT2D eigenvalue weighted by Gasteiger charge is 2.21. The predicted octanol–water partition coefficient (Wildman–Crippen LogP) is 3.99. The molecule has 0 aliphatic rings. The molecule has 1 rings (SSSR count). The smallest absolute Gasteiger partial charge is 0.229 e. The van der Waals surface area contributed by atoms with E-state index in [4.69, 9.17) is 0 Å². The van der Waals surface area contributed by atoms with Crippen molar-refractivity contribution in [1.82, 2.24) is 10.2 Å². The van der Waals surface area contributed by atoms with E-state index in [9.17, 15) is 4.79 Å². The summed E-state index contributed by atoms with van der Waals surface area (Å²) in [6.07, 6.45) is 4.03. The number of hydrogen-bond donors (Lipinski definition) is 1. The Balaban J connectivity index is 2.63. The van der Waals surface area contributed by atoms with Gasteiger partial charge in [0.05, 0.1) is 0 Å². The van der Waals surface area contributed by atoms with E-state index in [0.717, 1.165) is 30.7 Å². The largest absolute Gasteiger partial charge is 0.300 e. The van der Waals surface area contributed by atoms with Gasteiger partial charge in [0, 0.05) is 11.3 Å². The molecule has 5 heteroatoms. The maximum absolute atomic E-state index is 12.1. The zero-order valence-electron chi connectivity index (χ0n) is 12.6. The molecule has 0 fully saturated rings. The van der Waals surface area contributed by atoms with Gasteiger partial charge in [-0.2, -0.15) is 0 Å². The van der Waals surface area contributed by atoms with Gasteiger partial charge in [0.25, 0.3) is 0 Å². The van der Waals surface area contributed by atoms with Gasteiger partial charge < -0.3 is 5.32 Å². The van der Waals surface area contributed by atoms with Crippen molar-refractivity contribution in [2.45, 2.75) is 65.7 Å². The van der Waals surface area contributed by atoms with Crippen LogP contribution in [0.1, 0.15) is 65.3 Å². The van der Waals surface area contributed by atoms with Crippen molar-refractivity contribution in [3.05, 3.63) is 5.01 Å². The van der Waals surface area contributed by atoms with Crippen LogP contribution in [0.4, 0.5) is 5.13 Å². The number of anilines is 1. The molecular formula is C14H25N3OS. The monoisotopic (exact) mass is 283 g/mol. The summed E-state index contributed by atoms with van der Waals surface area (Å²) in [6, 6.07) is 0. The standard InChI is InChI=1S/C14H25N3OS/c1-6-8-9-10(7-2)11(18)15-13-17-16-12(19-13)14(3,4)5/h10H,6-9H2,1-5H3,(H,15,17,18)/t10-/m1/s1. The molecule has 1 heterocycles. The van der Waals surface area contributed by atoms with Crippen LogP contribution >= 0.6 is 11.3 Å². The summed E-state index contributed by atoms with van der Waals surface area (Å²) in [5.41, 5.74) is -0.0208. The second kappa shape index (κ2) is 6.98. The van der Waals surface area contributed by atoms with Crippen molar-refractivity contribution in [1.29, 1.82) is 0 Å². The number of nitrogens with one attached hydrogen (secondary N) is 1. The van der Waals surface area contributed by atoms with Gasteiger partial charge in [-0.05, 0) is 12.8 Å². The molecule has 108 valence electrons. The van der Waals surface area contributed by atoms with Gasteiger partial charge >= 0.3 is 0 Å². The Labute approximate surface area is 120 Å². The number of aromatic nitrogens is 2. The van der Waals surface area contributed by atoms with Crippen LogP contribution in [-0.4, -0.2) is 16.1 Å². The van der Waals surface area contributed by atoms with Crippen molar-refractivity contribution >= 4 is 22.4 Å². The topological polar surface area (TPSA) is 54.9 Å². The number of unbranched alkanes of at least 4 members (excludes halogenated alkanes) is 1. The average molecular weight is 283 g/mol. The van der Waals surface area contributed by atoms with Gasteiger partial charge in [-0.3, -0.25) is 4.79 Å². The van der Waals surface area contributed by atoms with Gasteiger partial charge in [0.15, 0.2) is 0 Å². The molecular weight excluding hydrogens is 258 g/mol. The lowest BCUT2D eigenvalue weighted by Crippen LogP contribution is -2.22. The van der Waals surface area contributed by atoms with Crippen molar-refractivity contribution < 1.29 is 4.79 Å². The molecule has 0 saturated carbocycles. The zero-order valence-corrected chi connectivity index (χ0v) is 13.4. The Morgan fingerprint density at radius 1 is 1.32 bits per heavy atom. The molecule has 0 spiro atoms. The van der Waals surface area contributed by atoms with E-state index < -0.39 is 0 Å². The highest BCUT2D eigenvalue weighted by Crippen LogP contribution is 2.28. The second-order valence-corrected chi connectivity index (χ2v) is 6.88. The Hall–Kier alpha value is -0.970. The third kappa shape index (κ3) is 4.90. The van der Waals surface area contributed by atoms with Crippen LogP contribution in [0.15, 0.2) is 0 Å². The van der Waals surface area contributed by atoms with E-state index in [0.29, 0.717) is 5.13 Å². The normalized spacial score (nSPS) is 13.3. The molecule has 0 aliphatic carbocycles. The molecule has 0 aliphatic heterocycles. The van der Waals surface area contributed by atoms with Crippen LogP contribution in [0.5, 0.6) is 0 Å². The number of hydrogen-bond acceptors (Lipinski definition) is 4. The molecule has 0 aromatic carbocycles. The molecule has 4 nitrogen and oxygen atoms in total. The average Bonchev–Trinajstić information content (AvgIpc) is 2.78. The Morgan fingerprint density at radius 2 is 2.00 bits per heavy atom. The highest BCUT2D eigenvalue weighted by atomic mass is 32.1. The molecule has 19 heavy (non-hydrogen) atoms.